The summed E-state index contributed by atoms with van der Waals surface area (Å²) in [5, 5.41) is 21.8. The highest BCUT2D eigenvalue weighted by atomic mass is 16.6. The number of rotatable bonds is 7. The van der Waals surface area contributed by atoms with Crippen LogP contribution in [0.4, 0.5) is 17.1 Å². The van der Waals surface area contributed by atoms with Gasteiger partial charge in [0.2, 0.25) is 0 Å². The summed E-state index contributed by atoms with van der Waals surface area (Å²) in [6, 6.07) is 7.71. The summed E-state index contributed by atoms with van der Waals surface area (Å²) in [5.74, 6) is -0.198. The second-order valence-corrected chi connectivity index (χ2v) is 4.83. The SMILES string of the molecule is COc1cccc(OC)c1C(=O)NNc1ccc([N+](=O)[O-])cc1[N+](=O)[O-]. The molecule has 0 saturated heterocycles. The van der Waals surface area contributed by atoms with Crippen LogP contribution in [0, 0.1) is 20.2 Å². The van der Waals surface area contributed by atoms with Crippen molar-refractivity contribution in [3.05, 3.63) is 62.2 Å². The van der Waals surface area contributed by atoms with Crippen LogP contribution in [0.5, 0.6) is 11.5 Å². The van der Waals surface area contributed by atoms with E-state index in [1.165, 1.54) is 14.2 Å². The highest BCUT2D eigenvalue weighted by molar-refractivity contribution is 6.00. The topological polar surface area (TPSA) is 146 Å². The average molecular weight is 362 g/mol. The Labute approximate surface area is 146 Å². The highest BCUT2D eigenvalue weighted by Gasteiger charge is 2.22. The van der Waals surface area contributed by atoms with Crippen molar-refractivity contribution in [3.63, 3.8) is 0 Å². The lowest BCUT2D eigenvalue weighted by Gasteiger charge is -2.14. The third-order valence-electron chi connectivity index (χ3n) is 3.35. The van der Waals surface area contributed by atoms with Crippen molar-refractivity contribution < 1.29 is 24.1 Å². The Morgan fingerprint density at radius 3 is 2.12 bits per heavy atom. The molecule has 0 fully saturated rings. The molecule has 0 atom stereocenters. The van der Waals surface area contributed by atoms with Crippen molar-refractivity contribution in [1.82, 2.24) is 5.43 Å². The van der Waals surface area contributed by atoms with Gasteiger partial charge in [0.05, 0.1) is 30.1 Å². The first-order valence-corrected chi connectivity index (χ1v) is 7.09. The van der Waals surface area contributed by atoms with E-state index in [4.69, 9.17) is 9.47 Å². The Hall–Kier alpha value is -3.89. The average Bonchev–Trinajstić information content (AvgIpc) is 2.64. The highest BCUT2D eigenvalue weighted by Crippen LogP contribution is 2.30. The van der Waals surface area contributed by atoms with Gasteiger partial charge in [-0.2, -0.15) is 0 Å². The van der Waals surface area contributed by atoms with E-state index >= 15 is 0 Å². The molecule has 0 bridgehead atoms. The number of nitrogens with one attached hydrogen (secondary N) is 2. The molecular weight excluding hydrogens is 348 g/mol. The zero-order chi connectivity index (χ0) is 19.3. The van der Waals surface area contributed by atoms with Gasteiger partial charge in [-0.25, -0.2) is 0 Å². The third-order valence-corrected chi connectivity index (χ3v) is 3.35. The standard InChI is InChI=1S/C15H14N4O7/c1-25-12-4-3-5-13(26-2)14(12)15(20)17-16-10-7-6-9(18(21)22)8-11(10)19(23)24/h3-8,16H,1-2H3,(H,17,20). The molecule has 2 N–H and O–H groups in total. The van der Waals surface area contributed by atoms with Gasteiger partial charge in [-0.15, -0.1) is 0 Å². The van der Waals surface area contributed by atoms with E-state index < -0.39 is 27.1 Å². The Bertz CT molecular complexity index is 847. The molecule has 1 amide bonds. The molecule has 0 aliphatic heterocycles. The first kappa shape index (κ1) is 18.4. The van der Waals surface area contributed by atoms with Crippen LogP contribution >= 0.6 is 0 Å². The second-order valence-electron chi connectivity index (χ2n) is 4.83. The van der Waals surface area contributed by atoms with Crippen molar-refractivity contribution >= 4 is 23.0 Å². The molecule has 11 heteroatoms. The van der Waals surface area contributed by atoms with Gasteiger partial charge in [0.25, 0.3) is 11.6 Å². The van der Waals surface area contributed by atoms with E-state index in [0.717, 1.165) is 18.2 Å². The van der Waals surface area contributed by atoms with Crippen LogP contribution in [0.15, 0.2) is 36.4 Å². The van der Waals surface area contributed by atoms with Crippen LogP contribution in [-0.2, 0) is 0 Å². The number of carbonyl (C=O) groups excluding carboxylic acids is 1. The Balaban J connectivity index is 2.28. The molecule has 136 valence electrons. The summed E-state index contributed by atoms with van der Waals surface area (Å²) < 4.78 is 10.2. The number of nitro benzene ring substituents is 2. The van der Waals surface area contributed by atoms with Gasteiger partial charge in [-0.1, -0.05) is 6.07 Å². The minimum Gasteiger partial charge on any atom is -0.496 e. The fraction of sp³-hybridized carbons (Fsp3) is 0.133. The largest absolute Gasteiger partial charge is 0.496 e. The number of hydrogen-bond donors (Lipinski definition) is 2. The number of nitro groups is 2. The number of non-ortho nitro benzene ring substituents is 1. The molecule has 2 aromatic rings. The Morgan fingerprint density at radius 1 is 1.00 bits per heavy atom. The van der Waals surface area contributed by atoms with Crippen LogP contribution in [0.3, 0.4) is 0 Å². The lowest BCUT2D eigenvalue weighted by atomic mass is 10.1. The maximum absolute atomic E-state index is 12.4. The molecule has 0 spiro atoms. The molecule has 0 radical (unpaired) electrons. The minimum atomic E-state index is -0.800. The molecule has 0 aromatic heterocycles. The number of benzene rings is 2. The molecule has 0 aliphatic rings. The number of ether oxygens (including phenoxy) is 2. The van der Waals surface area contributed by atoms with Crippen molar-refractivity contribution in [2.75, 3.05) is 19.6 Å². The minimum absolute atomic E-state index is 0.0783. The first-order chi connectivity index (χ1) is 12.4. The predicted molar refractivity (Wildman–Crippen MR) is 90.4 cm³/mol. The van der Waals surface area contributed by atoms with E-state index in [2.05, 4.69) is 10.9 Å². The molecule has 0 unspecified atom stereocenters. The Kier molecular flexibility index (Phi) is 5.53. The normalized spacial score (nSPS) is 9.92. The molecule has 2 aromatic carbocycles. The van der Waals surface area contributed by atoms with E-state index in [0.29, 0.717) is 0 Å². The van der Waals surface area contributed by atoms with Gasteiger partial charge in [0.1, 0.15) is 22.7 Å². The fourth-order valence-corrected chi connectivity index (χ4v) is 2.15. The number of hydrogen-bond acceptors (Lipinski definition) is 8. The number of carbonyl (C=O) groups is 1. The maximum Gasteiger partial charge on any atom is 0.300 e. The molecule has 0 heterocycles. The number of nitrogens with zero attached hydrogens (tertiary/aromatic N) is 2. The smallest absolute Gasteiger partial charge is 0.300 e. The van der Waals surface area contributed by atoms with Crippen LogP contribution in [0.25, 0.3) is 0 Å². The lowest BCUT2D eigenvalue weighted by molar-refractivity contribution is -0.393. The quantitative estimate of drug-likeness (QED) is 0.563. The predicted octanol–water partition coefficient (Wildman–Crippen LogP) is 2.28. The summed E-state index contributed by atoms with van der Waals surface area (Å²) in [4.78, 5) is 32.7. The molecular formula is C15H14N4O7. The summed E-state index contributed by atoms with van der Waals surface area (Å²) in [6.45, 7) is 0. The van der Waals surface area contributed by atoms with Crippen LogP contribution in [0.1, 0.15) is 10.4 Å². The van der Waals surface area contributed by atoms with Crippen molar-refractivity contribution in [3.8, 4) is 11.5 Å². The van der Waals surface area contributed by atoms with Crippen molar-refractivity contribution in [2.24, 2.45) is 0 Å². The van der Waals surface area contributed by atoms with Gasteiger partial charge in [-0.05, 0) is 18.2 Å². The molecule has 11 nitrogen and oxygen atoms in total. The van der Waals surface area contributed by atoms with Gasteiger partial charge < -0.3 is 9.47 Å². The fourth-order valence-electron chi connectivity index (χ4n) is 2.15. The summed E-state index contributed by atoms with van der Waals surface area (Å²) in [5.41, 5.74) is 3.62. The van der Waals surface area contributed by atoms with Crippen LogP contribution in [-0.4, -0.2) is 30.0 Å². The van der Waals surface area contributed by atoms with Crippen molar-refractivity contribution in [2.45, 2.75) is 0 Å². The third kappa shape index (κ3) is 3.77. The zero-order valence-electron chi connectivity index (χ0n) is 13.7. The first-order valence-electron chi connectivity index (χ1n) is 7.09. The van der Waals surface area contributed by atoms with Gasteiger partial charge in [0.15, 0.2) is 0 Å². The number of hydrazine groups is 1. The summed E-state index contributed by atoms with van der Waals surface area (Å²) in [6.07, 6.45) is 0. The number of methoxy groups -OCH3 is 2. The van der Waals surface area contributed by atoms with Gasteiger partial charge in [-0.3, -0.25) is 35.9 Å². The van der Waals surface area contributed by atoms with E-state index in [1.807, 2.05) is 0 Å². The summed E-state index contributed by atoms with van der Waals surface area (Å²) >= 11 is 0. The van der Waals surface area contributed by atoms with Crippen molar-refractivity contribution in [1.29, 1.82) is 0 Å². The molecule has 26 heavy (non-hydrogen) atoms. The van der Waals surface area contributed by atoms with E-state index in [9.17, 15) is 25.0 Å². The maximum atomic E-state index is 12.4. The zero-order valence-corrected chi connectivity index (χ0v) is 13.7. The van der Waals surface area contributed by atoms with Gasteiger partial charge >= 0.3 is 5.69 Å². The Morgan fingerprint density at radius 2 is 1.62 bits per heavy atom. The van der Waals surface area contributed by atoms with Crippen LogP contribution < -0.4 is 20.3 Å². The number of anilines is 1. The van der Waals surface area contributed by atoms with Gasteiger partial charge in [0, 0.05) is 6.07 Å². The second kappa shape index (κ2) is 7.79. The molecule has 2 rings (SSSR count). The van der Waals surface area contributed by atoms with E-state index in [1.54, 1.807) is 18.2 Å². The van der Waals surface area contributed by atoms with Crippen LogP contribution in [0.2, 0.25) is 0 Å². The number of amides is 1. The molecule has 0 aliphatic carbocycles. The lowest BCUT2D eigenvalue weighted by Crippen LogP contribution is -2.30. The molecule has 0 saturated carbocycles. The summed E-state index contributed by atoms with van der Waals surface area (Å²) in [7, 11) is 2.75. The van der Waals surface area contributed by atoms with E-state index in [-0.39, 0.29) is 22.7 Å². The monoisotopic (exact) mass is 362 g/mol.